The van der Waals surface area contributed by atoms with Crippen molar-refractivity contribution in [3.8, 4) is 0 Å². The van der Waals surface area contributed by atoms with Crippen molar-refractivity contribution in [2.45, 2.75) is 77.4 Å². The molecule has 0 unspecified atom stereocenters. The van der Waals surface area contributed by atoms with Crippen LogP contribution in [0, 0.1) is 0 Å². The van der Waals surface area contributed by atoms with Crippen LogP contribution in [0.2, 0.25) is 0 Å². The average Bonchev–Trinajstić information content (AvgIpc) is 3.78. The number of rotatable bonds is 6. The van der Waals surface area contributed by atoms with E-state index < -0.39 is 18.1 Å². The van der Waals surface area contributed by atoms with E-state index in [1.165, 1.54) is 12.4 Å². The van der Waals surface area contributed by atoms with Gasteiger partial charge in [0, 0.05) is 52.2 Å². The van der Waals surface area contributed by atoms with Gasteiger partial charge in [0.1, 0.15) is 17.4 Å². The predicted octanol–water partition coefficient (Wildman–Crippen LogP) is 5.07. The Hall–Kier alpha value is -4.27. The van der Waals surface area contributed by atoms with Gasteiger partial charge in [-0.1, -0.05) is 6.08 Å². The van der Waals surface area contributed by atoms with Crippen molar-refractivity contribution in [1.82, 2.24) is 29.7 Å². The zero-order valence-electron chi connectivity index (χ0n) is 27.7. The van der Waals surface area contributed by atoms with Crippen LogP contribution in [-0.4, -0.2) is 93.2 Å². The largest absolute Gasteiger partial charge is 0.444 e. The van der Waals surface area contributed by atoms with Crippen LogP contribution in [0.15, 0.2) is 24.5 Å². The number of carbonyl (C=O) groups excluding carboxylic acids is 3. The van der Waals surface area contributed by atoms with Gasteiger partial charge in [-0.05, 0) is 75.6 Å². The number of nitrogens with zero attached hydrogens (tertiary/aromatic N) is 6. The number of carbonyl (C=O) groups is 3. The molecule has 2 saturated heterocycles. The van der Waals surface area contributed by atoms with E-state index in [1.807, 2.05) is 32.9 Å². The number of nitrogens with one attached hydrogen (secondary N) is 1. The molecule has 3 aliphatic rings. The van der Waals surface area contributed by atoms with Gasteiger partial charge in [-0.15, -0.1) is 11.3 Å². The SMILES string of the molecule is CC(=O)N1CC=C(c2cc(N3CCC[C@@H](NC(=O)c4sc(C(F)F)cc4C4CCN(C(=O)OC(C)(C)C)CC4)C3)c3c(N)ncnn23)C1. The van der Waals surface area contributed by atoms with Crippen molar-refractivity contribution < 1.29 is 27.9 Å². The molecule has 12 nitrogen and oxygen atoms in total. The Kier molecular flexibility index (Phi) is 9.33. The van der Waals surface area contributed by atoms with Gasteiger partial charge in [0.2, 0.25) is 5.91 Å². The number of hydrogen-bond acceptors (Lipinski definition) is 9. The number of hydrogen-bond donors (Lipinski definition) is 2. The summed E-state index contributed by atoms with van der Waals surface area (Å²) in [4.78, 5) is 48.3. The fraction of sp³-hybridized carbons (Fsp3) is 0.545. The summed E-state index contributed by atoms with van der Waals surface area (Å²) in [6, 6.07) is 3.23. The van der Waals surface area contributed by atoms with Crippen molar-refractivity contribution in [2.24, 2.45) is 0 Å². The number of anilines is 2. The van der Waals surface area contributed by atoms with E-state index in [-0.39, 0.29) is 28.7 Å². The first kappa shape index (κ1) is 33.6. The maximum absolute atomic E-state index is 13.9. The average molecular weight is 685 g/mol. The van der Waals surface area contributed by atoms with E-state index in [4.69, 9.17) is 10.5 Å². The summed E-state index contributed by atoms with van der Waals surface area (Å²) < 4.78 is 35.1. The second-order valence-corrected chi connectivity index (χ2v) is 14.8. The molecule has 48 heavy (non-hydrogen) atoms. The molecule has 3 aliphatic heterocycles. The summed E-state index contributed by atoms with van der Waals surface area (Å²) in [5, 5.41) is 7.61. The minimum Gasteiger partial charge on any atom is -0.444 e. The van der Waals surface area contributed by atoms with Gasteiger partial charge in [0.05, 0.1) is 21.1 Å². The maximum atomic E-state index is 13.9. The van der Waals surface area contributed by atoms with Crippen LogP contribution < -0.4 is 16.0 Å². The third-order valence-corrected chi connectivity index (χ3v) is 10.3. The van der Waals surface area contributed by atoms with Crippen LogP contribution in [0.4, 0.5) is 25.1 Å². The number of alkyl halides is 2. The molecule has 3 amide bonds. The number of likely N-dealkylation sites (tertiary alicyclic amines) is 1. The van der Waals surface area contributed by atoms with Crippen molar-refractivity contribution in [2.75, 3.05) is 49.9 Å². The standard InChI is InChI=1S/C33H42F2N8O4S/c1-19(44)41-13-9-21(16-41)24-15-25(27-30(36)37-18-38-43(24)27)42-10-5-6-22(17-42)39-31(45)28-23(14-26(48-28)29(34)35)20-7-11-40(12-8-20)32(46)47-33(2,3)4/h9,14-15,18,20,22,29H,5-8,10-13,16-17H2,1-4H3,(H,39,45)(H2,36,37,38)/t22-/m1/s1. The quantitative estimate of drug-likeness (QED) is 0.367. The number of nitrogen functional groups attached to an aromatic ring is 1. The molecule has 0 radical (unpaired) electrons. The zero-order chi connectivity index (χ0) is 34.3. The van der Waals surface area contributed by atoms with Gasteiger partial charge in [-0.25, -0.2) is 23.1 Å². The lowest BCUT2D eigenvalue weighted by atomic mass is 9.89. The van der Waals surface area contributed by atoms with Gasteiger partial charge in [0.25, 0.3) is 12.3 Å². The highest BCUT2D eigenvalue weighted by Crippen LogP contribution is 2.39. The molecule has 3 aromatic heterocycles. The van der Waals surface area contributed by atoms with Gasteiger partial charge >= 0.3 is 6.09 Å². The normalized spacial score (nSPS) is 19.3. The molecule has 6 heterocycles. The third kappa shape index (κ3) is 6.96. The van der Waals surface area contributed by atoms with E-state index in [0.717, 1.165) is 41.1 Å². The number of thiophene rings is 1. The molecular weight excluding hydrogens is 642 g/mol. The Morgan fingerprint density at radius 3 is 2.52 bits per heavy atom. The molecule has 3 N–H and O–H groups in total. The monoisotopic (exact) mass is 684 g/mol. The van der Waals surface area contributed by atoms with Crippen molar-refractivity contribution in [1.29, 1.82) is 0 Å². The first-order chi connectivity index (χ1) is 22.8. The fourth-order valence-electron chi connectivity index (χ4n) is 6.78. The Morgan fingerprint density at radius 1 is 1.10 bits per heavy atom. The molecule has 0 bridgehead atoms. The lowest BCUT2D eigenvalue weighted by molar-refractivity contribution is -0.127. The lowest BCUT2D eigenvalue weighted by Gasteiger charge is -2.35. The van der Waals surface area contributed by atoms with E-state index in [9.17, 15) is 23.2 Å². The molecule has 0 aliphatic carbocycles. The van der Waals surface area contributed by atoms with E-state index in [0.29, 0.717) is 73.9 Å². The number of aromatic nitrogens is 3. The minimum absolute atomic E-state index is 0.00748. The topological polar surface area (TPSA) is 138 Å². The van der Waals surface area contributed by atoms with Crippen molar-refractivity contribution in [3.63, 3.8) is 0 Å². The van der Waals surface area contributed by atoms with Crippen molar-refractivity contribution in [3.05, 3.63) is 45.5 Å². The number of fused-ring (bicyclic) bond motifs is 1. The number of piperidine rings is 2. The van der Waals surface area contributed by atoms with Gasteiger partial charge in [0.15, 0.2) is 5.82 Å². The van der Waals surface area contributed by atoms with E-state index >= 15 is 0 Å². The molecule has 258 valence electrons. The lowest BCUT2D eigenvalue weighted by Crippen LogP contribution is -2.48. The summed E-state index contributed by atoms with van der Waals surface area (Å²) in [7, 11) is 0. The summed E-state index contributed by atoms with van der Waals surface area (Å²) in [6.45, 7) is 10.00. The van der Waals surface area contributed by atoms with Gasteiger partial charge < -0.3 is 30.5 Å². The van der Waals surface area contributed by atoms with Gasteiger partial charge in [-0.2, -0.15) is 5.10 Å². The molecule has 1 atom stereocenters. The number of ether oxygens (including phenoxy) is 1. The van der Waals surface area contributed by atoms with Crippen molar-refractivity contribution >= 4 is 51.8 Å². The summed E-state index contributed by atoms with van der Waals surface area (Å²) in [5.74, 6) is -0.185. The zero-order valence-corrected chi connectivity index (χ0v) is 28.5. The highest BCUT2D eigenvalue weighted by molar-refractivity contribution is 7.14. The molecule has 6 rings (SSSR count). The minimum atomic E-state index is -2.69. The fourth-order valence-corrected chi connectivity index (χ4v) is 7.78. The van der Waals surface area contributed by atoms with Crippen LogP contribution in [0.5, 0.6) is 0 Å². The number of halogens is 2. The molecule has 2 fully saturated rings. The Labute approximate surface area is 281 Å². The molecule has 0 aromatic carbocycles. The summed E-state index contributed by atoms with van der Waals surface area (Å²) >= 11 is 0.842. The van der Waals surface area contributed by atoms with E-state index in [1.54, 1.807) is 21.2 Å². The second kappa shape index (κ2) is 13.3. The van der Waals surface area contributed by atoms with Crippen LogP contribution in [-0.2, 0) is 9.53 Å². The number of nitrogens with two attached hydrogens (primary N) is 1. The van der Waals surface area contributed by atoms with Crippen LogP contribution in [0.25, 0.3) is 11.1 Å². The predicted molar refractivity (Wildman–Crippen MR) is 179 cm³/mol. The Bertz CT molecular complexity index is 1740. The van der Waals surface area contributed by atoms with Crippen LogP contribution >= 0.6 is 11.3 Å². The Balaban J connectivity index is 1.18. The third-order valence-electron chi connectivity index (χ3n) is 9.14. The molecule has 3 aromatic rings. The number of amides is 3. The van der Waals surface area contributed by atoms with E-state index in [2.05, 4.69) is 20.3 Å². The highest BCUT2D eigenvalue weighted by Gasteiger charge is 2.33. The first-order valence-corrected chi connectivity index (χ1v) is 17.1. The second-order valence-electron chi connectivity index (χ2n) is 13.7. The molecular formula is C33H42F2N8O4S. The molecule has 0 spiro atoms. The highest BCUT2D eigenvalue weighted by atomic mass is 32.1. The Morgan fingerprint density at radius 2 is 1.85 bits per heavy atom. The van der Waals surface area contributed by atoms with Crippen LogP contribution in [0.3, 0.4) is 0 Å². The molecule has 0 saturated carbocycles. The molecule has 15 heteroatoms. The first-order valence-electron chi connectivity index (χ1n) is 16.3. The van der Waals surface area contributed by atoms with Crippen LogP contribution in [0.1, 0.15) is 91.5 Å². The van der Waals surface area contributed by atoms with Gasteiger partial charge in [-0.3, -0.25) is 9.59 Å². The maximum Gasteiger partial charge on any atom is 0.410 e. The summed E-state index contributed by atoms with van der Waals surface area (Å²) in [5.41, 5.74) is 9.64. The summed E-state index contributed by atoms with van der Waals surface area (Å²) in [6.07, 6.45) is 2.93. The smallest absolute Gasteiger partial charge is 0.410 e.